The van der Waals surface area contributed by atoms with Gasteiger partial charge in [0.25, 0.3) is 0 Å². The van der Waals surface area contributed by atoms with Gasteiger partial charge >= 0.3 is 6.03 Å². The normalized spacial score (nSPS) is 18.4. The van der Waals surface area contributed by atoms with Gasteiger partial charge in [0, 0.05) is 25.6 Å². The summed E-state index contributed by atoms with van der Waals surface area (Å²) in [6, 6.07) is 1.66. The number of likely N-dealkylation sites (tertiary alicyclic amines) is 1. The number of piperidine rings is 1. The van der Waals surface area contributed by atoms with Crippen molar-refractivity contribution in [2.24, 2.45) is 5.92 Å². The Morgan fingerprint density at radius 3 is 3.14 bits per heavy atom. The SMILES string of the molecule is Cc1noc(CC2CCCN(C(=O)NCc3ccon3)C2)n1. The Morgan fingerprint density at radius 1 is 1.50 bits per heavy atom. The number of urea groups is 1. The summed E-state index contributed by atoms with van der Waals surface area (Å²) in [6.07, 6.45) is 4.25. The van der Waals surface area contributed by atoms with Crippen molar-refractivity contribution in [2.75, 3.05) is 13.1 Å². The molecule has 1 atom stereocenters. The van der Waals surface area contributed by atoms with E-state index in [4.69, 9.17) is 9.05 Å². The molecule has 22 heavy (non-hydrogen) atoms. The predicted octanol–water partition coefficient (Wildman–Crippen LogP) is 1.53. The molecular weight excluding hydrogens is 286 g/mol. The highest BCUT2D eigenvalue weighted by molar-refractivity contribution is 5.74. The lowest BCUT2D eigenvalue weighted by Crippen LogP contribution is -2.45. The summed E-state index contributed by atoms with van der Waals surface area (Å²) in [4.78, 5) is 18.3. The van der Waals surface area contributed by atoms with Crippen LogP contribution >= 0.6 is 0 Å². The van der Waals surface area contributed by atoms with E-state index in [9.17, 15) is 4.79 Å². The number of carbonyl (C=O) groups excluding carboxylic acids is 1. The second-order valence-electron chi connectivity index (χ2n) is 5.54. The Balaban J connectivity index is 1.50. The first-order chi connectivity index (χ1) is 10.7. The minimum absolute atomic E-state index is 0.0746. The third-order valence-electron chi connectivity index (χ3n) is 3.75. The number of hydrogen-bond donors (Lipinski definition) is 1. The largest absolute Gasteiger partial charge is 0.364 e. The summed E-state index contributed by atoms with van der Waals surface area (Å²) in [7, 11) is 0. The molecule has 8 heteroatoms. The van der Waals surface area contributed by atoms with Crippen molar-refractivity contribution in [1.29, 1.82) is 0 Å². The zero-order valence-electron chi connectivity index (χ0n) is 12.5. The molecule has 3 heterocycles. The molecule has 1 N–H and O–H groups in total. The van der Waals surface area contributed by atoms with Crippen LogP contribution in [0.25, 0.3) is 0 Å². The lowest BCUT2D eigenvalue weighted by Gasteiger charge is -2.32. The Morgan fingerprint density at radius 2 is 2.41 bits per heavy atom. The van der Waals surface area contributed by atoms with Gasteiger partial charge < -0.3 is 19.3 Å². The fourth-order valence-electron chi connectivity index (χ4n) is 2.69. The number of rotatable bonds is 4. The smallest absolute Gasteiger partial charge is 0.317 e. The van der Waals surface area contributed by atoms with Gasteiger partial charge in [-0.25, -0.2) is 4.79 Å². The lowest BCUT2D eigenvalue weighted by molar-refractivity contribution is 0.161. The Hall–Kier alpha value is -2.38. The summed E-state index contributed by atoms with van der Waals surface area (Å²) >= 11 is 0. The van der Waals surface area contributed by atoms with Crippen LogP contribution in [0.2, 0.25) is 0 Å². The third kappa shape index (κ3) is 3.63. The van der Waals surface area contributed by atoms with Crippen molar-refractivity contribution in [3.05, 3.63) is 29.7 Å². The van der Waals surface area contributed by atoms with Crippen molar-refractivity contribution >= 4 is 6.03 Å². The Labute approximate surface area is 127 Å². The molecule has 2 aromatic rings. The van der Waals surface area contributed by atoms with E-state index in [1.165, 1.54) is 6.26 Å². The molecule has 0 bridgehead atoms. The van der Waals surface area contributed by atoms with Crippen LogP contribution in [0.5, 0.6) is 0 Å². The van der Waals surface area contributed by atoms with Gasteiger partial charge in [0.2, 0.25) is 5.89 Å². The fourth-order valence-corrected chi connectivity index (χ4v) is 2.69. The average Bonchev–Trinajstić information content (AvgIpc) is 3.17. The summed E-state index contributed by atoms with van der Waals surface area (Å²) in [5.74, 6) is 1.65. The average molecular weight is 305 g/mol. The number of aryl methyl sites for hydroxylation is 1. The topological polar surface area (TPSA) is 97.3 Å². The summed E-state index contributed by atoms with van der Waals surface area (Å²) < 4.78 is 9.90. The van der Waals surface area contributed by atoms with Crippen LogP contribution in [0.3, 0.4) is 0 Å². The minimum atomic E-state index is -0.0746. The maximum atomic E-state index is 12.2. The van der Waals surface area contributed by atoms with Crippen molar-refractivity contribution < 1.29 is 13.8 Å². The highest BCUT2D eigenvalue weighted by Gasteiger charge is 2.25. The molecule has 3 rings (SSSR count). The van der Waals surface area contributed by atoms with E-state index in [0.717, 1.165) is 19.4 Å². The van der Waals surface area contributed by atoms with Crippen LogP contribution in [0.1, 0.15) is 30.3 Å². The molecule has 0 spiro atoms. The number of nitrogens with zero attached hydrogens (tertiary/aromatic N) is 4. The van der Waals surface area contributed by atoms with Crippen LogP contribution < -0.4 is 5.32 Å². The Bertz CT molecular complexity index is 610. The van der Waals surface area contributed by atoms with E-state index < -0.39 is 0 Å². The first-order valence-electron chi connectivity index (χ1n) is 7.42. The number of amides is 2. The molecular formula is C14H19N5O3. The number of hydrogen-bond acceptors (Lipinski definition) is 6. The molecule has 1 fully saturated rings. The molecule has 2 amide bonds. The van der Waals surface area contributed by atoms with Crippen molar-refractivity contribution in [2.45, 2.75) is 32.7 Å². The lowest BCUT2D eigenvalue weighted by atomic mass is 9.95. The van der Waals surface area contributed by atoms with Gasteiger partial charge in [0.05, 0.1) is 6.54 Å². The molecule has 1 aliphatic rings. The van der Waals surface area contributed by atoms with Crippen LogP contribution in [0.15, 0.2) is 21.4 Å². The highest BCUT2D eigenvalue weighted by Crippen LogP contribution is 2.20. The standard InChI is InChI=1S/C14H19N5O3/c1-10-16-13(22-17-10)7-11-3-2-5-19(9-11)14(20)15-8-12-4-6-21-18-12/h4,6,11H,2-3,5,7-9H2,1H3,(H,15,20). The zero-order chi connectivity index (χ0) is 15.4. The number of carbonyl (C=O) groups is 1. The van der Waals surface area contributed by atoms with Gasteiger partial charge in [0.15, 0.2) is 5.82 Å². The molecule has 0 aromatic carbocycles. The first-order valence-corrected chi connectivity index (χ1v) is 7.42. The fraction of sp³-hybridized carbons (Fsp3) is 0.571. The molecule has 1 unspecified atom stereocenters. The molecule has 0 saturated carbocycles. The molecule has 2 aromatic heterocycles. The van der Waals surface area contributed by atoms with E-state index in [1.807, 2.05) is 4.90 Å². The van der Waals surface area contributed by atoms with E-state index in [0.29, 0.717) is 42.8 Å². The maximum absolute atomic E-state index is 12.2. The molecule has 1 aliphatic heterocycles. The van der Waals surface area contributed by atoms with Gasteiger partial charge in [0.1, 0.15) is 12.0 Å². The van der Waals surface area contributed by atoms with E-state index >= 15 is 0 Å². The molecule has 0 aliphatic carbocycles. The highest BCUT2D eigenvalue weighted by atomic mass is 16.5. The predicted molar refractivity (Wildman–Crippen MR) is 75.8 cm³/mol. The van der Waals surface area contributed by atoms with Crippen molar-refractivity contribution in [1.82, 2.24) is 25.5 Å². The van der Waals surface area contributed by atoms with Crippen molar-refractivity contribution in [3.8, 4) is 0 Å². The second-order valence-corrected chi connectivity index (χ2v) is 5.54. The first kappa shape index (κ1) is 14.6. The summed E-state index contributed by atoms with van der Waals surface area (Å²) in [5, 5.41) is 10.4. The third-order valence-corrected chi connectivity index (χ3v) is 3.75. The minimum Gasteiger partial charge on any atom is -0.364 e. The quantitative estimate of drug-likeness (QED) is 0.920. The van der Waals surface area contributed by atoms with E-state index in [-0.39, 0.29) is 6.03 Å². The zero-order valence-corrected chi connectivity index (χ0v) is 12.5. The molecule has 118 valence electrons. The summed E-state index contributed by atoms with van der Waals surface area (Å²) in [6.45, 7) is 3.65. The monoisotopic (exact) mass is 305 g/mol. The molecule has 1 saturated heterocycles. The van der Waals surface area contributed by atoms with Crippen LogP contribution in [0, 0.1) is 12.8 Å². The van der Waals surface area contributed by atoms with Crippen LogP contribution in [0.4, 0.5) is 4.79 Å². The van der Waals surface area contributed by atoms with E-state index in [2.05, 4.69) is 20.6 Å². The second kappa shape index (κ2) is 6.59. The number of nitrogens with one attached hydrogen (secondary N) is 1. The van der Waals surface area contributed by atoms with Crippen LogP contribution in [-0.4, -0.2) is 39.3 Å². The maximum Gasteiger partial charge on any atom is 0.317 e. The van der Waals surface area contributed by atoms with Gasteiger partial charge in [-0.1, -0.05) is 10.3 Å². The molecule has 0 radical (unpaired) electrons. The van der Waals surface area contributed by atoms with Gasteiger partial charge in [-0.3, -0.25) is 0 Å². The summed E-state index contributed by atoms with van der Waals surface area (Å²) in [5.41, 5.74) is 0.711. The van der Waals surface area contributed by atoms with Gasteiger partial charge in [-0.15, -0.1) is 0 Å². The number of aromatic nitrogens is 3. The van der Waals surface area contributed by atoms with Gasteiger partial charge in [-0.05, 0) is 25.7 Å². The molecule has 8 nitrogen and oxygen atoms in total. The van der Waals surface area contributed by atoms with Crippen LogP contribution in [-0.2, 0) is 13.0 Å². The Kier molecular flexibility index (Phi) is 4.36. The van der Waals surface area contributed by atoms with E-state index in [1.54, 1.807) is 13.0 Å². The van der Waals surface area contributed by atoms with Crippen molar-refractivity contribution in [3.63, 3.8) is 0 Å². The van der Waals surface area contributed by atoms with Gasteiger partial charge in [-0.2, -0.15) is 4.98 Å².